The van der Waals surface area contributed by atoms with E-state index >= 15 is 0 Å². The second-order valence-electron chi connectivity index (χ2n) is 5.04. The Kier molecular flexibility index (Phi) is 3.97. The first kappa shape index (κ1) is 13.0. The van der Waals surface area contributed by atoms with Crippen LogP contribution in [0.3, 0.4) is 0 Å². The number of carbonyl (C=O) groups is 1. The zero-order valence-corrected chi connectivity index (χ0v) is 10.8. The van der Waals surface area contributed by atoms with Crippen molar-refractivity contribution in [1.82, 2.24) is 10.2 Å². The third-order valence-electron chi connectivity index (χ3n) is 3.21. The predicted molar refractivity (Wildman–Crippen MR) is 68.7 cm³/mol. The summed E-state index contributed by atoms with van der Waals surface area (Å²) in [4.78, 5) is 14.0. The Hall–Kier alpha value is -1.42. The van der Waals surface area contributed by atoms with Gasteiger partial charge in [-0.1, -0.05) is 18.2 Å². The fourth-order valence-electron chi connectivity index (χ4n) is 2.45. The van der Waals surface area contributed by atoms with Crippen molar-refractivity contribution in [1.29, 1.82) is 0 Å². The van der Waals surface area contributed by atoms with E-state index in [0.717, 1.165) is 0 Å². The van der Waals surface area contributed by atoms with Crippen LogP contribution in [0.15, 0.2) is 24.3 Å². The Balaban J connectivity index is 2.02. The molecule has 0 bridgehead atoms. The van der Waals surface area contributed by atoms with Crippen molar-refractivity contribution < 1.29 is 9.18 Å². The van der Waals surface area contributed by atoms with E-state index in [0.29, 0.717) is 30.7 Å². The van der Waals surface area contributed by atoms with Crippen molar-refractivity contribution in [2.75, 3.05) is 13.1 Å². The monoisotopic (exact) mass is 250 g/mol. The van der Waals surface area contributed by atoms with Gasteiger partial charge in [0.1, 0.15) is 5.82 Å². The molecule has 4 heteroatoms. The lowest BCUT2D eigenvalue weighted by Gasteiger charge is -2.36. The molecule has 1 amide bonds. The van der Waals surface area contributed by atoms with Crippen LogP contribution in [0.4, 0.5) is 4.39 Å². The maximum Gasteiger partial charge on any atom is 0.227 e. The van der Waals surface area contributed by atoms with Gasteiger partial charge in [0, 0.05) is 25.2 Å². The first-order valence-corrected chi connectivity index (χ1v) is 6.33. The van der Waals surface area contributed by atoms with E-state index in [1.165, 1.54) is 6.07 Å². The number of rotatable bonds is 2. The molecule has 2 atom stereocenters. The lowest BCUT2D eigenvalue weighted by Crippen LogP contribution is -2.56. The van der Waals surface area contributed by atoms with Gasteiger partial charge >= 0.3 is 0 Å². The molecule has 0 aromatic heterocycles. The van der Waals surface area contributed by atoms with Crippen LogP contribution in [0.1, 0.15) is 19.4 Å². The molecule has 3 nitrogen and oxygen atoms in total. The Morgan fingerprint density at radius 2 is 1.94 bits per heavy atom. The Morgan fingerprint density at radius 3 is 2.56 bits per heavy atom. The standard InChI is InChI=1S/C14H19FN2O/c1-10-8-17(9-11(2)16-10)14(18)7-12-5-3-4-6-13(12)15/h3-6,10-11,16H,7-9H2,1-2H3. The van der Waals surface area contributed by atoms with Gasteiger partial charge in [0.05, 0.1) is 6.42 Å². The second kappa shape index (κ2) is 5.48. The topological polar surface area (TPSA) is 32.3 Å². The van der Waals surface area contributed by atoms with Gasteiger partial charge in [-0.3, -0.25) is 4.79 Å². The minimum atomic E-state index is -0.304. The Morgan fingerprint density at radius 1 is 1.33 bits per heavy atom. The highest BCUT2D eigenvalue weighted by atomic mass is 19.1. The molecule has 1 aliphatic heterocycles. The molecule has 0 aliphatic carbocycles. The summed E-state index contributed by atoms with van der Waals surface area (Å²) in [7, 11) is 0. The van der Waals surface area contributed by atoms with Crippen molar-refractivity contribution in [3.8, 4) is 0 Å². The summed E-state index contributed by atoms with van der Waals surface area (Å²) in [5.41, 5.74) is 0.473. The molecule has 1 aliphatic rings. The minimum Gasteiger partial charge on any atom is -0.339 e. The summed E-state index contributed by atoms with van der Waals surface area (Å²) in [5, 5.41) is 3.37. The fraction of sp³-hybridized carbons (Fsp3) is 0.500. The molecule has 1 aromatic carbocycles. The van der Waals surface area contributed by atoms with Gasteiger partial charge in [-0.25, -0.2) is 4.39 Å². The average Bonchev–Trinajstić information content (AvgIpc) is 2.31. The smallest absolute Gasteiger partial charge is 0.227 e. The van der Waals surface area contributed by atoms with Crippen LogP contribution in [-0.4, -0.2) is 36.0 Å². The van der Waals surface area contributed by atoms with Crippen molar-refractivity contribution in [3.63, 3.8) is 0 Å². The second-order valence-corrected chi connectivity index (χ2v) is 5.04. The summed E-state index contributed by atoms with van der Waals surface area (Å²) >= 11 is 0. The van der Waals surface area contributed by atoms with Crippen LogP contribution in [0.2, 0.25) is 0 Å². The van der Waals surface area contributed by atoms with Gasteiger partial charge in [0.2, 0.25) is 5.91 Å². The highest BCUT2D eigenvalue weighted by Gasteiger charge is 2.24. The molecule has 1 heterocycles. The Bertz CT molecular complexity index is 426. The van der Waals surface area contributed by atoms with Crippen LogP contribution in [0.25, 0.3) is 0 Å². The molecule has 2 unspecified atom stereocenters. The number of hydrogen-bond donors (Lipinski definition) is 1. The minimum absolute atomic E-state index is 0.000278. The molecule has 2 rings (SSSR count). The highest BCUT2D eigenvalue weighted by molar-refractivity contribution is 5.79. The van der Waals surface area contributed by atoms with Gasteiger partial charge in [0.15, 0.2) is 0 Å². The number of piperazine rings is 1. The number of nitrogens with one attached hydrogen (secondary N) is 1. The molecule has 0 radical (unpaired) electrons. The summed E-state index contributed by atoms with van der Waals surface area (Å²) in [6.45, 7) is 5.49. The quantitative estimate of drug-likeness (QED) is 0.864. The number of carbonyl (C=O) groups excluding carboxylic acids is 1. The molecular formula is C14H19FN2O. The summed E-state index contributed by atoms with van der Waals surface area (Å²) in [6, 6.07) is 7.04. The van der Waals surface area contributed by atoms with Crippen molar-refractivity contribution >= 4 is 5.91 Å². The van der Waals surface area contributed by atoms with Crippen molar-refractivity contribution in [2.45, 2.75) is 32.4 Å². The first-order chi connectivity index (χ1) is 8.56. The van der Waals surface area contributed by atoms with E-state index in [2.05, 4.69) is 19.2 Å². The SMILES string of the molecule is CC1CN(C(=O)Cc2ccccc2F)CC(C)N1. The maximum atomic E-state index is 13.5. The van der Waals surface area contributed by atoms with Gasteiger partial charge < -0.3 is 10.2 Å². The van der Waals surface area contributed by atoms with Crippen molar-refractivity contribution in [3.05, 3.63) is 35.6 Å². The summed E-state index contributed by atoms with van der Waals surface area (Å²) in [6.07, 6.45) is 0.145. The van der Waals surface area contributed by atoms with E-state index in [-0.39, 0.29) is 18.1 Å². The van der Waals surface area contributed by atoms with Gasteiger partial charge in [0.25, 0.3) is 0 Å². The van der Waals surface area contributed by atoms with Crippen LogP contribution >= 0.6 is 0 Å². The number of amides is 1. The van der Waals surface area contributed by atoms with E-state index in [9.17, 15) is 9.18 Å². The molecule has 1 N–H and O–H groups in total. The molecule has 1 aromatic rings. The number of benzene rings is 1. The molecule has 1 fully saturated rings. The molecule has 0 spiro atoms. The van der Waals surface area contributed by atoms with E-state index in [4.69, 9.17) is 0 Å². The average molecular weight is 250 g/mol. The number of hydrogen-bond acceptors (Lipinski definition) is 2. The largest absolute Gasteiger partial charge is 0.339 e. The van der Waals surface area contributed by atoms with Crippen molar-refractivity contribution in [2.24, 2.45) is 0 Å². The van der Waals surface area contributed by atoms with Crippen LogP contribution in [0, 0.1) is 5.82 Å². The van der Waals surface area contributed by atoms with E-state index in [1.807, 2.05) is 4.90 Å². The number of nitrogens with zero attached hydrogens (tertiary/aromatic N) is 1. The zero-order chi connectivity index (χ0) is 13.1. The van der Waals surface area contributed by atoms with Gasteiger partial charge in [-0.05, 0) is 25.5 Å². The maximum absolute atomic E-state index is 13.5. The number of halogens is 1. The Labute approximate surface area is 107 Å². The predicted octanol–water partition coefficient (Wildman–Crippen LogP) is 1.58. The molecule has 98 valence electrons. The lowest BCUT2D eigenvalue weighted by atomic mass is 10.1. The lowest BCUT2D eigenvalue weighted by molar-refractivity contribution is -0.132. The van der Waals surface area contributed by atoms with E-state index < -0.39 is 0 Å². The van der Waals surface area contributed by atoms with Crippen LogP contribution in [0.5, 0.6) is 0 Å². The third-order valence-corrected chi connectivity index (χ3v) is 3.21. The molecule has 18 heavy (non-hydrogen) atoms. The van der Waals surface area contributed by atoms with E-state index in [1.54, 1.807) is 18.2 Å². The van der Waals surface area contributed by atoms with Gasteiger partial charge in [-0.2, -0.15) is 0 Å². The molecule has 0 saturated carbocycles. The highest BCUT2D eigenvalue weighted by Crippen LogP contribution is 2.11. The summed E-state index contributed by atoms with van der Waals surface area (Å²) < 4.78 is 13.5. The third kappa shape index (κ3) is 3.07. The molecular weight excluding hydrogens is 231 g/mol. The summed E-state index contributed by atoms with van der Waals surface area (Å²) in [5.74, 6) is -0.303. The van der Waals surface area contributed by atoms with Crippen LogP contribution in [-0.2, 0) is 11.2 Å². The van der Waals surface area contributed by atoms with Gasteiger partial charge in [-0.15, -0.1) is 0 Å². The first-order valence-electron chi connectivity index (χ1n) is 6.33. The van der Waals surface area contributed by atoms with Crippen LogP contribution < -0.4 is 5.32 Å². The normalized spacial score (nSPS) is 24.1. The molecule has 1 saturated heterocycles. The zero-order valence-electron chi connectivity index (χ0n) is 10.8. The fourth-order valence-corrected chi connectivity index (χ4v) is 2.45.